The van der Waals surface area contributed by atoms with E-state index < -0.39 is 11.7 Å². The van der Waals surface area contributed by atoms with Crippen molar-refractivity contribution in [1.29, 1.82) is 0 Å². The Bertz CT molecular complexity index is 1110. The van der Waals surface area contributed by atoms with Gasteiger partial charge in [0, 0.05) is 25.8 Å². The van der Waals surface area contributed by atoms with E-state index in [2.05, 4.69) is 29.0 Å². The smallest absolute Gasteiger partial charge is 0.416 e. The van der Waals surface area contributed by atoms with Crippen molar-refractivity contribution in [3.63, 3.8) is 0 Å². The summed E-state index contributed by atoms with van der Waals surface area (Å²) in [7, 11) is 1.41. The maximum Gasteiger partial charge on any atom is 0.416 e. The number of benzene rings is 1. The molecule has 0 saturated heterocycles. The lowest BCUT2D eigenvalue weighted by Crippen LogP contribution is -2.32. The highest BCUT2D eigenvalue weighted by Crippen LogP contribution is 2.39. The molecule has 37 heavy (non-hydrogen) atoms. The summed E-state index contributed by atoms with van der Waals surface area (Å²) in [4.78, 5) is 31.4. The molecule has 9 heteroatoms. The summed E-state index contributed by atoms with van der Waals surface area (Å²) in [6, 6.07) is 7.17. The molecule has 1 aromatic carbocycles. The minimum Gasteiger partial charge on any atom is -0.469 e. The van der Waals surface area contributed by atoms with Gasteiger partial charge in [0.2, 0.25) is 0 Å². The van der Waals surface area contributed by atoms with Crippen molar-refractivity contribution in [3.8, 4) is 0 Å². The van der Waals surface area contributed by atoms with Crippen LogP contribution in [0.4, 0.5) is 13.2 Å². The molecule has 200 valence electrons. The predicted molar refractivity (Wildman–Crippen MR) is 132 cm³/mol. The van der Waals surface area contributed by atoms with Gasteiger partial charge in [-0.25, -0.2) is 0 Å². The number of pyridine rings is 1. The number of carbonyl (C=O) groups is 2. The lowest BCUT2D eigenvalue weighted by molar-refractivity contribution is -0.146. The van der Waals surface area contributed by atoms with Gasteiger partial charge >= 0.3 is 12.1 Å². The van der Waals surface area contributed by atoms with Crippen LogP contribution in [0.1, 0.15) is 78.3 Å². The maximum absolute atomic E-state index is 12.9. The van der Waals surface area contributed by atoms with Crippen LogP contribution in [0, 0.1) is 17.8 Å². The van der Waals surface area contributed by atoms with Crippen LogP contribution in [0.15, 0.2) is 36.5 Å². The standard InChI is InChI=1S/C28H34F3N3O3/c1-17(2)25-24-22(16-34(25)15-19-6-10-23(11-7-19)28(29,30)31)12-21(14-32-24)26(35)33-13-18-4-8-20(9-5-18)27(36)37-3/h6-7,10-12,14,17-18,20,25H,4-5,8-9,13,15-16H2,1-3H3,(H,33,35)/t18-,20-,25?. The normalized spacial score (nSPS) is 22.1. The molecule has 2 aliphatic rings. The van der Waals surface area contributed by atoms with Gasteiger partial charge in [-0.15, -0.1) is 0 Å². The van der Waals surface area contributed by atoms with Crippen molar-refractivity contribution in [2.45, 2.75) is 64.8 Å². The number of rotatable bonds is 7. The molecule has 1 fully saturated rings. The Morgan fingerprint density at radius 1 is 1.14 bits per heavy atom. The predicted octanol–water partition coefficient (Wildman–Crippen LogP) is 5.52. The van der Waals surface area contributed by atoms with Gasteiger partial charge in [0.15, 0.2) is 0 Å². The lowest BCUT2D eigenvalue weighted by Gasteiger charge is -2.27. The van der Waals surface area contributed by atoms with Crippen molar-refractivity contribution in [2.75, 3.05) is 13.7 Å². The number of amides is 1. The summed E-state index contributed by atoms with van der Waals surface area (Å²) < 4.78 is 43.6. The second kappa shape index (κ2) is 11.2. The van der Waals surface area contributed by atoms with Gasteiger partial charge in [-0.1, -0.05) is 26.0 Å². The zero-order valence-corrected chi connectivity index (χ0v) is 21.5. The molecule has 1 aliphatic carbocycles. The number of halogens is 3. The van der Waals surface area contributed by atoms with Gasteiger partial charge in [0.25, 0.3) is 5.91 Å². The topological polar surface area (TPSA) is 71.5 Å². The molecule has 1 amide bonds. The van der Waals surface area contributed by atoms with Crippen LogP contribution in [-0.2, 0) is 28.8 Å². The van der Waals surface area contributed by atoms with E-state index in [9.17, 15) is 22.8 Å². The number of hydrogen-bond acceptors (Lipinski definition) is 5. The average molecular weight is 518 g/mol. The number of nitrogens with zero attached hydrogens (tertiary/aromatic N) is 2. The highest BCUT2D eigenvalue weighted by molar-refractivity contribution is 5.94. The highest BCUT2D eigenvalue weighted by Gasteiger charge is 2.35. The van der Waals surface area contributed by atoms with E-state index in [4.69, 9.17) is 4.74 Å². The Labute approximate surface area is 215 Å². The van der Waals surface area contributed by atoms with E-state index in [-0.39, 0.29) is 29.8 Å². The van der Waals surface area contributed by atoms with Crippen molar-refractivity contribution >= 4 is 11.9 Å². The summed E-state index contributed by atoms with van der Waals surface area (Å²) in [5, 5.41) is 3.02. The third kappa shape index (κ3) is 6.32. The molecular weight excluding hydrogens is 483 g/mol. The summed E-state index contributed by atoms with van der Waals surface area (Å²) in [6.45, 7) is 5.81. The fourth-order valence-corrected chi connectivity index (χ4v) is 5.56. The zero-order chi connectivity index (χ0) is 26.7. The first-order valence-corrected chi connectivity index (χ1v) is 12.8. The number of methoxy groups -OCH3 is 1. The Morgan fingerprint density at radius 3 is 2.41 bits per heavy atom. The fourth-order valence-electron chi connectivity index (χ4n) is 5.56. The van der Waals surface area contributed by atoms with Crippen molar-refractivity contribution in [2.24, 2.45) is 17.8 Å². The number of fused-ring (bicyclic) bond motifs is 1. The molecule has 4 rings (SSSR count). The number of ether oxygens (including phenoxy) is 1. The summed E-state index contributed by atoms with van der Waals surface area (Å²) >= 11 is 0. The molecule has 0 spiro atoms. The molecule has 2 aromatic rings. The summed E-state index contributed by atoms with van der Waals surface area (Å²) in [6.07, 6.45) is 0.554. The Balaban J connectivity index is 1.38. The first-order valence-electron chi connectivity index (χ1n) is 12.8. The van der Waals surface area contributed by atoms with Gasteiger partial charge in [0.05, 0.1) is 35.9 Å². The van der Waals surface area contributed by atoms with Crippen LogP contribution >= 0.6 is 0 Å². The van der Waals surface area contributed by atoms with Crippen LogP contribution in [0.2, 0.25) is 0 Å². The van der Waals surface area contributed by atoms with Gasteiger partial charge in [-0.3, -0.25) is 19.5 Å². The number of carbonyl (C=O) groups excluding carboxylic acids is 2. The molecular formula is C28H34F3N3O3. The first-order chi connectivity index (χ1) is 17.6. The van der Waals surface area contributed by atoms with Crippen LogP contribution < -0.4 is 5.32 Å². The third-order valence-electron chi connectivity index (χ3n) is 7.54. The summed E-state index contributed by atoms with van der Waals surface area (Å²) in [5.41, 5.74) is 2.53. The molecule has 1 atom stereocenters. The largest absolute Gasteiger partial charge is 0.469 e. The number of alkyl halides is 3. The fraction of sp³-hybridized carbons (Fsp3) is 0.536. The van der Waals surface area contributed by atoms with E-state index in [1.54, 1.807) is 6.20 Å². The number of aromatic nitrogens is 1. The minimum absolute atomic E-state index is 0.0133. The molecule has 1 unspecified atom stereocenters. The molecule has 1 aromatic heterocycles. The number of nitrogens with one attached hydrogen (secondary N) is 1. The van der Waals surface area contributed by atoms with Gasteiger partial charge in [-0.05, 0) is 66.8 Å². The highest BCUT2D eigenvalue weighted by atomic mass is 19.4. The van der Waals surface area contributed by atoms with Gasteiger partial charge in [0.1, 0.15) is 0 Å². The Morgan fingerprint density at radius 2 is 1.81 bits per heavy atom. The second-order valence-corrected chi connectivity index (χ2v) is 10.5. The quantitative estimate of drug-likeness (QED) is 0.490. The second-order valence-electron chi connectivity index (χ2n) is 10.5. The van der Waals surface area contributed by atoms with Crippen molar-refractivity contribution in [3.05, 3.63) is 64.5 Å². The average Bonchev–Trinajstić information content (AvgIpc) is 3.24. The SMILES string of the molecule is COC(=O)[C@H]1CC[C@H](CNC(=O)c2cnc3c(c2)CN(Cc2ccc(C(F)(F)F)cc2)C3C(C)C)CC1. The van der Waals surface area contributed by atoms with Crippen LogP contribution in [-0.4, -0.2) is 35.4 Å². The summed E-state index contributed by atoms with van der Waals surface area (Å²) in [5.74, 6) is 0.198. The van der Waals surface area contributed by atoms with E-state index in [1.807, 2.05) is 6.07 Å². The van der Waals surface area contributed by atoms with E-state index in [1.165, 1.54) is 19.2 Å². The number of esters is 1. The van der Waals surface area contributed by atoms with Crippen molar-refractivity contribution in [1.82, 2.24) is 15.2 Å². The zero-order valence-electron chi connectivity index (χ0n) is 21.5. The molecule has 1 aliphatic heterocycles. The van der Waals surface area contributed by atoms with Crippen LogP contribution in [0.3, 0.4) is 0 Å². The van der Waals surface area contributed by atoms with Gasteiger partial charge in [-0.2, -0.15) is 13.2 Å². The molecule has 2 heterocycles. The van der Waals surface area contributed by atoms with Gasteiger partial charge < -0.3 is 10.1 Å². The number of hydrogen-bond donors (Lipinski definition) is 1. The van der Waals surface area contributed by atoms with Crippen LogP contribution in [0.5, 0.6) is 0 Å². The minimum atomic E-state index is -4.35. The molecule has 1 saturated carbocycles. The first kappa shape index (κ1) is 27.1. The van der Waals surface area contributed by atoms with E-state index in [0.717, 1.165) is 54.6 Å². The third-order valence-corrected chi connectivity index (χ3v) is 7.54. The van der Waals surface area contributed by atoms with E-state index in [0.29, 0.717) is 31.1 Å². The maximum atomic E-state index is 12.9. The molecule has 1 N–H and O–H groups in total. The lowest BCUT2D eigenvalue weighted by atomic mass is 9.82. The van der Waals surface area contributed by atoms with Crippen LogP contribution in [0.25, 0.3) is 0 Å². The molecule has 0 bridgehead atoms. The van der Waals surface area contributed by atoms with E-state index >= 15 is 0 Å². The van der Waals surface area contributed by atoms with Crippen molar-refractivity contribution < 1.29 is 27.5 Å². The molecule has 6 nitrogen and oxygen atoms in total. The Hall–Kier alpha value is -2.94. The monoisotopic (exact) mass is 517 g/mol. The molecule has 0 radical (unpaired) electrons. The Kier molecular flexibility index (Phi) is 8.21.